The fourth-order valence-electron chi connectivity index (χ4n) is 2.00. The topological polar surface area (TPSA) is 222 Å². The van der Waals surface area contributed by atoms with E-state index >= 15 is 0 Å². The van der Waals surface area contributed by atoms with Gasteiger partial charge >= 0.3 is 0 Å². The summed E-state index contributed by atoms with van der Waals surface area (Å²) < 4.78 is 0. The Morgan fingerprint density at radius 2 is 1.14 bits per heavy atom. The fourth-order valence-corrected chi connectivity index (χ4v) is 2.00. The first kappa shape index (κ1) is 20.4. The average Bonchev–Trinajstić information content (AvgIpc) is 2.60. The van der Waals surface area contributed by atoms with Gasteiger partial charge < -0.3 is 5.32 Å². The molecule has 0 heterocycles. The van der Waals surface area contributed by atoms with E-state index in [9.17, 15) is 40.5 Å². The van der Waals surface area contributed by atoms with Gasteiger partial charge in [-0.25, -0.2) is 0 Å². The van der Waals surface area contributed by atoms with Gasteiger partial charge in [-0.3, -0.25) is 19.4 Å². The third-order valence-electron chi connectivity index (χ3n) is 2.88. The molecule has 0 amide bonds. The van der Waals surface area contributed by atoms with Crippen molar-refractivity contribution in [3.8, 4) is 23.0 Å². The van der Waals surface area contributed by atoms with Gasteiger partial charge in [0.25, 0.3) is 20.3 Å². The molecule has 0 aromatic heterocycles. The molecular formula is C12H7N5O12. The summed E-state index contributed by atoms with van der Waals surface area (Å²) >= 11 is 0. The van der Waals surface area contributed by atoms with Crippen molar-refractivity contribution in [3.05, 3.63) is 76.9 Å². The molecule has 29 heavy (non-hydrogen) atoms. The molecule has 0 radical (unpaired) electrons. The van der Waals surface area contributed by atoms with Crippen LogP contribution in [-0.2, 0) is 0 Å². The lowest BCUT2D eigenvalue weighted by molar-refractivity contribution is -0.730. The molecule has 0 aliphatic carbocycles. The SMILES string of the molecule is O=[N+]([O-])Oc1cc(Nc2ccccc2)c(O[N+](=O)[O-])c(O[N+](=O)[O-])c1O[N+](=O)[O-]. The second kappa shape index (κ2) is 8.62. The van der Waals surface area contributed by atoms with Gasteiger partial charge in [0, 0.05) is 5.69 Å². The third-order valence-corrected chi connectivity index (χ3v) is 2.88. The quantitative estimate of drug-likeness (QED) is 0.433. The highest BCUT2D eigenvalue weighted by Crippen LogP contribution is 2.50. The monoisotopic (exact) mass is 413 g/mol. The summed E-state index contributed by atoms with van der Waals surface area (Å²) in [5.74, 6) is -4.75. The molecule has 0 unspecified atom stereocenters. The smallest absolute Gasteiger partial charge is 0.299 e. The molecule has 0 bridgehead atoms. The van der Waals surface area contributed by atoms with Crippen LogP contribution in [0.25, 0.3) is 0 Å². The zero-order valence-corrected chi connectivity index (χ0v) is 13.7. The van der Waals surface area contributed by atoms with Crippen molar-refractivity contribution >= 4 is 11.4 Å². The summed E-state index contributed by atoms with van der Waals surface area (Å²) in [6, 6.07) is 8.28. The summed E-state index contributed by atoms with van der Waals surface area (Å²) in [7, 11) is 0. The number of anilines is 2. The molecule has 17 nitrogen and oxygen atoms in total. The normalized spacial score (nSPS) is 9.79. The Labute approximate surface area is 157 Å². The predicted molar refractivity (Wildman–Crippen MR) is 86.7 cm³/mol. The zero-order valence-electron chi connectivity index (χ0n) is 13.7. The summed E-state index contributed by atoms with van der Waals surface area (Å²) in [5, 5.41) is 39.7. The van der Waals surface area contributed by atoms with E-state index in [-0.39, 0.29) is 5.69 Å². The van der Waals surface area contributed by atoms with Crippen molar-refractivity contribution in [2.75, 3.05) is 5.32 Å². The number of hydrogen-bond donors (Lipinski definition) is 1. The highest BCUT2D eigenvalue weighted by molar-refractivity contribution is 5.76. The number of nitrogens with one attached hydrogen (secondary N) is 1. The van der Waals surface area contributed by atoms with Gasteiger partial charge in [0.2, 0.25) is 0 Å². The Morgan fingerprint density at radius 1 is 0.655 bits per heavy atom. The third kappa shape index (κ3) is 5.51. The van der Waals surface area contributed by atoms with Crippen LogP contribution in [0.3, 0.4) is 0 Å². The van der Waals surface area contributed by atoms with Crippen LogP contribution in [0.4, 0.5) is 11.4 Å². The lowest BCUT2D eigenvalue weighted by Crippen LogP contribution is -2.15. The van der Waals surface area contributed by atoms with Gasteiger partial charge in [-0.15, -0.1) is 40.5 Å². The maximum absolute atomic E-state index is 10.8. The molecule has 17 heteroatoms. The molecule has 0 atom stereocenters. The van der Waals surface area contributed by atoms with E-state index in [1.165, 1.54) is 12.1 Å². The molecule has 0 spiro atoms. The van der Waals surface area contributed by atoms with Crippen LogP contribution in [-0.4, -0.2) is 20.3 Å². The Balaban J connectivity index is 2.77. The van der Waals surface area contributed by atoms with Crippen molar-refractivity contribution in [3.63, 3.8) is 0 Å². The Hall–Kier alpha value is -4.96. The molecule has 0 aliphatic heterocycles. The number of hydrogen-bond acceptors (Lipinski definition) is 13. The van der Waals surface area contributed by atoms with E-state index in [0.29, 0.717) is 6.07 Å². The van der Waals surface area contributed by atoms with Crippen molar-refractivity contribution in [2.24, 2.45) is 0 Å². The van der Waals surface area contributed by atoms with E-state index in [4.69, 9.17) is 0 Å². The Bertz CT molecular complexity index is 965. The van der Waals surface area contributed by atoms with Crippen LogP contribution < -0.4 is 24.7 Å². The number of benzene rings is 2. The molecule has 0 aliphatic rings. The lowest BCUT2D eigenvalue weighted by Gasteiger charge is -2.18. The zero-order chi connectivity index (χ0) is 21.6. The molecule has 1 N–H and O–H groups in total. The molecule has 2 aromatic carbocycles. The summed E-state index contributed by atoms with van der Waals surface area (Å²) in [6.45, 7) is 0. The average molecular weight is 413 g/mol. The predicted octanol–water partition coefficient (Wildman–Crippen LogP) is 1.71. The summed E-state index contributed by atoms with van der Waals surface area (Å²) in [4.78, 5) is 59.5. The second-order valence-corrected chi connectivity index (χ2v) is 4.66. The lowest BCUT2D eigenvalue weighted by atomic mass is 10.2. The van der Waals surface area contributed by atoms with Gasteiger partial charge in [-0.05, 0) is 18.2 Å². The Morgan fingerprint density at radius 3 is 1.66 bits per heavy atom. The van der Waals surface area contributed by atoms with Crippen molar-refractivity contribution in [2.45, 2.75) is 0 Å². The van der Waals surface area contributed by atoms with Crippen molar-refractivity contribution in [1.29, 1.82) is 0 Å². The van der Waals surface area contributed by atoms with Crippen LogP contribution in [0.5, 0.6) is 23.0 Å². The highest BCUT2D eigenvalue weighted by Gasteiger charge is 2.28. The molecule has 152 valence electrons. The molecule has 2 aromatic rings. The molecule has 0 saturated carbocycles. The molecular weight excluding hydrogens is 406 g/mol. The molecule has 0 fully saturated rings. The van der Waals surface area contributed by atoms with Crippen LogP contribution in [0.15, 0.2) is 36.4 Å². The minimum Gasteiger partial charge on any atom is -0.354 e. The first-order chi connectivity index (χ1) is 13.7. The summed E-state index contributed by atoms with van der Waals surface area (Å²) in [6.07, 6.45) is 0. The van der Waals surface area contributed by atoms with E-state index in [1.54, 1.807) is 18.2 Å². The van der Waals surface area contributed by atoms with Gasteiger partial charge in [0.1, 0.15) is 0 Å². The summed E-state index contributed by atoms with van der Waals surface area (Å²) in [5.41, 5.74) is -0.250. The van der Waals surface area contributed by atoms with Gasteiger partial charge in [-0.1, -0.05) is 18.2 Å². The maximum Gasteiger partial charge on any atom is 0.299 e. The fraction of sp³-hybridized carbons (Fsp3) is 0. The van der Waals surface area contributed by atoms with Gasteiger partial charge in [0.15, 0.2) is 23.0 Å². The number of para-hydroxylation sites is 1. The van der Waals surface area contributed by atoms with Crippen molar-refractivity contribution in [1.82, 2.24) is 0 Å². The van der Waals surface area contributed by atoms with Crippen LogP contribution >= 0.6 is 0 Å². The standard InChI is InChI=1S/C12H7N5O12/c18-14(19)26-9-6-8(13-7-4-2-1-3-5-7)10(27-15(20)21)12(29-17(24)25)11(9)28-16(22)23/h1-6,13H. The number of rotatable bonds is 10. The second-order valence-electron chi connectivity index (χ2n) is 4.66. The van der Waals surface area contributed by atoms with Crippen LogP contribution in [0.2, 0.25) is 0 Å². The van der Waals surface area contributed by atoms with Gasteiger partial charge in [0.05, 0.1) is 5.69 Å². The largest absolute Gasteiger partial charge is 0.354 e. The van der Waals surface area contributed by atoms with Crippen LogP contribution in [0.1, 0.15) is 0 Å². The Kier molecular flexibility index (Phi) is 6.05. The first-order valence-electron chi connectivity index (χ1n) is 7.00. The van der Waals surface area contributed by atoms with Gasteiger partial charge in [-0.2, -0.15) is 0 Å². The molecule has 2 rings (SSSR count). The van der Waals surface area contributed by atoms with E-state index < -0.39 is 49.0 Å². The minimum absolute atomic E-state index is 0.253. The van der Waals surface area contributed by atoms with E-state index in [0.717, 1.165) is 0 Å². The van der Waals surface area contributed by atoms with Crippen LogP contribution in [0, 0.1) is 40.5 Å². The maximum atomic E-state index is 10.8. The van der Waals surface area contributed by atoms with E-state index in [2.05, 4.69) is 24.7 Å². The van der Waals surface area contributed by atoms with E-state index in [1.807, 2.05) is 0 Å². The highest BCUT2D eigenvalue weighted by atomic mass is 17.0. The minimum atomic E-state index is -1.50. The molecule has 0 saturated heterocycles. The number of nitrogens with zero attached hydrogens (tertiary/aromatic N) is 4. The first-order valence-corrected chi connectivity index (χ1v) is 7.00. The van der Waals surface area contributed by atoms with Crippen molar-refractivity contribution < 1.29 is 39.7 Å².